The second kappa shape index (κ2) is 8.27. The average molecular weight is 369 g/mol. The number of hydrogen-bond donors (Lipinski definition) is 1. The highest BCUT2D eigenvalue weighted by atomic mass is 35.5. The molecule has 1 unspecified atom stereocenters. The Kier molecular flexibility index (Phi) is 6.33. The number of halogens is 3. The van der Waals surface area contributed by atoms with Gasteiger partial charge in [-0.25, -0.2) is 8.78 Å². The van der Waals surface area contributed by atoms with E-state index in [1.54, 1.807) is 17.0 Å². The molecule has 1 aliphatic heterocycles. The van der Waals surface area contributed by atoms with Crippen molar-refractivity contribution in [2.75, 3.05) is 26.7 Å². The summed E-state index contributed by atoms with van der Waals surface area (Å²) >= 11 is 0. The van der Waals surface area contributed by atoms with Gasteiger partial charge in [-0.15, -0.1) is 12.4 Å². The number of hydrogen-bond acceptors (Lipinski definition) is 3. The van der Waals surface area contributed by atoms with Crippen LogP contribution in [0.25, 0.3) is 0 Å². The molecule has 2 aromatic rings. The number of nitrogens with one attached hydrogen (secondary N) is 1. The lowest BCUT2D eigenvalue weighted by molar-refractivity contribution is 0.0633. The summed E-state index contributed by atoms with van der Waals surface area (Å²) in [5, 5.41) is 3.21. The van der Waals surface area contributed by atoms with Gasteiger partial charge in [-0.3, -0.25) is 4.79 Å². The third kappa shape index (κ3) is 4.08. The summed E-state index contributed by atoms with van der Waals surface area (Å²) in [5.74, 6) is -1.12. The smallest absolute Gasteiger partial charge is 0.254 e. The summed E-state index contributed by atoms with van der Waals surface area (Å²) in [5.41, 5.74) is 0.959. The molecule has 134 valence electrons. The van der Waals surface area contributed by atoms with Crippen molar-refractivity contribution in [1.29, 1.82) is 0 Å². The topological polar surface area (TPSA) is 41.6 Å². The van der Waals surface area contributed by atoms with Crippen molar-refractivity contribution in [3.8, 4) is 5.75 Å². The fourth-order valence-corrected chi connectivity index (χ4v) is 2.92. The first-order chi connectivity index (χ1) is 11.6. The molecule has 1 saturated heterocycles. The predicted molar refractivity (Wildman–Crippen MR) is 93.2 cm³/mol. The van der Waals surface area contributed by atoms with E-state index < -0.39 is 5.82 Å². The zero-order valence-corrected chi connectivity index (χ0v) is 14.5. The molecule has 3 rings (SSSR count). The molecule has 1 fully saturated rings. The second-order valence-corrected chi connectivity index (χ2v) is 5.62. The number of amides is 1. The Morgan fingerprint density at radius 2 is 2.04 bits per heavy atom. The number of methoxy groups -OCH3 is 1. The molecular formula is C18H19ClF2N2O2. The van der Waals surface area contributed by atoms with Crippen LogP contribution in [0.4, 0.5) is 8.78 Å². The third-order valence-corrected chi connectivity index (χ3v) is 4.14. The molecule has 7 heteroatoms. The first-order valence-corrected chi connectivity index (χ1v) is 7.71. The van der Waals surface area contributed by atoms with E-state index in [1.165, 1.54) is 37.4 Å². The van der Waals surface area contributed by atoms with Gasteiger partial charge in [0.25, 0.3) is 5.91 Å². The van der Waals surface area contributed by atoms with Crippen molar-refractivity contribution in [3.63, 3.8) is 0 Å². The quantitative estimate of drug-likeness (QED) is 0.904. The third-order valence-electron chi connectivity index (χ3n) is 4.14. The van der Waals surface area contributed by atoms with Crippen LogP contribution in [0.2, 0.25) is 0 Å². The largest absolute Gasteiger partial charge is 0.494 e. The van der Waals surface area contributed by atoms with Crippen LogP contribution >= 0.6 is 12.4 Å². The zero-order chi connectivity index (χ0) is 17.1. The van der Waals surface area contributed by atoms with Gasteiger partial charge in [-0.2, -0.15) is 0 Å². The van der Waals surface area contributed by atoms with Gasteiger partial charge in [0.2, 0.25) is 0 Å². The molecule has 1 heterocycles. The summed E-state index contributed by atoms with van der Waals surface area (Å²) in [6.07, 6.45) is 0. The molecule has 25 heavy (non-hydrogen) atoms. The zero-order valence-electron chi connectivity index (χ0n) is 13.7. The summed E-state index contributed by atoms with van der Waals surface area (Å²) in [6, 6.07) is 10.0. The van der Waals surface area contributed by atoms with Crippen molar-refractivity contribution in [2.24, 2.45) is 0 Å². The van der Waals surface area contributed by atoms with Crippen LogP contribution in [0.5, 0.6) is 5.75 Å². The maximum atomic E-state index is 13.9. The van der Waals surface area contributed by atoms with Crippen LogP contribution in [0.1, 0.15) is 22.0 Å². The van der Waals surface area contributed by atoms with Crippen LogP contribution in [-0.2, 0) is 0 Å². The fourth-order valence-electron chi connectivity index (χ4n) is 2.92. The standard InChI is InChI=1S/C18H18F2N2O2.ClH/c1-24-17-6-5-13(10-15(17)20)18(23)22-8-7-21-11-16(22)12-3-2-4-14(19)9-12;/h2-6,9-10,16,21H,7-8,11H2,1H3;1H. The molecule has 2 aromatic carbocycles. The lowest BCUT2D eigenvalue weighted by Gasteiger charge is -2.36. The molecule has 0 radical (unpaired) electrons. The van der Waals surface area contributed by atoms with Gasteiger partial charge in [0.05, 0.1) is 13.2 Å². The highest BCUT2D eigenvalue weighted by molar-refractivity contribution is 5.94. The van der Waals surface area contributed by atoms with Gasteiger partial charge >= 0.3 is 0 Å². The molecule has 4 nitrogen and oxygen atoms in total. The van der Waals surface area contributed by atoms with E-state index in [4.69, 9.17) is 4.74 Å². The maximum Gasteiger partial charge on any atom is 0.254 e. The van der Waals surface area contributed by atoms with Crippen molar-refractivity contribution in [2.45, 2.75) is 6.04 Å². The van der Waals surface area contributed by atoms with E-state index >= 15 is 0 Å². The highest BCUT2D eigenvalue weighted by Crippen LogP contribution is 2.26. The second-order valence-electron chi connectivity index (χ2n) is 5.62. The number of carbonyl (C=O) groups excluding carboxylic acids is 1. The highest BCUT2D eigenvalue weighted by Gasteiger charge is 2.29. The molecule has 1 atom stereocenters. The average Bonchev–Trinajstić information content (AvgIpc) is 2.61. The Hall–Kier alpha value is -2.18. The minimum absolute atomic E-state index is 0. The van der Waals surface area contributed by atoms with E-state index in [9.17, 15) is 13.6 Å². The number of ether oxygens (including phenoxy) is 1. The molecule has 0 saturated carbocycles. The SMILES string of the molecule is COc1ccc(C(=O)N2CCNCC2c2cccc(F)c2)cc1F.Cl. The van der Waals surface area contributed by atoms with E-state index in [-0.39, 0.29) is 41.5 Å². The molecule has 0 aliphatic carbocycles. The molecular weight excluding hydrogens is 350 g/mol. The molecule has 1 amide bonds. The van der Waals surface area contributed by atoms with E-state index in [2.05, 4.69) is 5.32 Å². The maximum absolute atomic E-state index is 13.9. The van der Waals surface area contributed by atoms with Crippen molar-refractivity contribution >= 4 is 18.3 Å². The number of benzene rings is 2. The summed E-state index contributed by atoms with van der Waals surface area (Å²) in [4.78, 5) is 14.5. The van der Waals surface area contributed by atoms with Crippen LogP contribution in [0.3, 0.4) is 0 Å². The minimum atomic E-state index is -0.583. The molecule has 1 aliphatic rings. The molecule has 0 bridgehead atoms. The Morgan fingerprint density at radius 1 is 1.24 bits per heavy atom. The van der Waals surface area contributed by atoms with E-state index in [1.807, 2.05) is 0 Å². The monoisotopic (exact) mass is 368 g/mol. The van der Waals surface area contributed by atoms with Crippen LogP contribution in [0.15, 0.2) is 42.5 Å². The minimum Gasteiger partial charge on any atom is -0.494 e. The van der Waals surface area contributed by atoms with Crippen LogP contribution < -0.4 is 10.1 Å². The first kappa shape index (κ1) is 19.1. The van der Waals surface area contributed by atoms with Gasteiger partial charge in [0.1, 0.15) is 5.82 Å². The van der Waals surface area contributed by atoms with Crippen molar-refractivity contribution in [3.05, 3.63) is 65.2 Å². The number of carbonyl (C=O) groups is 1. The van der Waals surface area contributed by atoms with Gasteiger partial charge in [-0.05, 0) is 35.9 Å². The van der Waals surface area contributed by atoms with Gasteiger partial charge < -0.3 is 15.0 Å². The Labute approximate surface area is 151 Å². The van der Waals surface area contributed by atoms with Crippen molar-refractivity contribution < 1.29 is 18.3 Å². The first-order valence-electron chi connectivity index (χ1n) is 7.71. The molecule has 0 spiro atoms. The Bertz CT molecular complexity index is 758. The van der Waals surface area contributed by atoms with E-state index in [0.29, 0.717) is 25.2 Å². The summed E-state index contributed by atoms with van der Waals surface area (Å²) in [6.45, 7) is 1.62. The van der Waals surface area contributed by atoms with Crippen LogP contribution in [0, 0.1) is 11.6 Å². The summed E-state index contributed by atoms with van der Waals surface area (Å²) < 4.78 is 32.3. The number of rotatable bonds is 3. The van der Waals surface area contributed by atoms with Crippen molar-refractivity contribution in [1.82, 2.24) is 10.2 Å². The fraction of sp³-hybridized carbons (Fsp3) is 0.278. The predicted octanol–water partition coefficient (Wildman–Crippen LogP) is 3.18. The molecule has 1 N–H and O–H groups in total. The number of nitrogens with zero attached hydrogens (tertiary/aromatic N) is 1. The normalized spacial score (nSPS) is 16.9. The van der Waals surface area contributed by atoms with Gasteiger partial charge in [0, 0.05) is 25.2 Å². The lowest BCUT2D eigenvalue weighted by atomic mass is 10.0. The molecule has 0 aromatic heterocycles. The Balaban J connectivity index is 0.00000225. The van der Waals surface area contributed by atoms with Gasteiger partial charge in [-0.1, -0.05) is 12.1 Å². The lowest BCUT2D eigenvalue weighted by Crippen LogP contribution is -2.48. The van der Waals surface area contributed by atoms with Gasteiger partial charge in [0.15, 0.2) is 11.6 Å². The Morgan fingerprint density at radius 3 is 2.72 bits per heavy atom. The summed E-state index contributed by atoms with van der Waals surface area (Å²) in [7, 11) is 1.37. The van der Waals surface area contributed by atoms with E-state index in [0.717, 1.165) is 0 Å². The van der Waals surface area contributed by atoms with Crippen LogP contribution in [-0.4, -0.2) is 37.6 Å². The number of piperazine rings is 1.